The second-order valence-corrected chi connectivity index (χ2v) is 3.35. The van der Waals surface area contributed by atoms with Crippen LogP contribution in [0.1, 0.15) is 29.4 Å². The third kappa shape index (κ3) is 3.82. The summed E-state index contributed by atoms with van der Waals surface area (Å²) in [6.07, 6.45) is 6.42. The molecule has 0 atom stereocenters. The van der Waals surface area contributed by atoms with Crippen LogP contribution in [0.5, 0.6) is 0 Å². The van der Waals surface area contributed by atoms with Crippen molar-refractivity contribution in [3.05, 3.63) is 41.7 Å². The second-order valence-electron chi connectivity index (χ2n) is 3.35. The number of pyridine rings is 1. The van der Waals surface area contributed by atoms with E-state index in [4.69, 9.17) is 5.73 Å². The smallest absolute Gasteiger partial charge is 0.251 e. The minimum absolute atomic E-state index is 0.0818. The van der Waals surface area contributed by atoms with Gasteiger partial charge in [-0.2, -0.15) is 0 Å². The molecule has 1 heterocycles. The van der Waals surface area contributed by atoms with Crippen molar-refractivity contribution >= 4 is 5.91 Å². The summed E-state index contributed by atoms with van der Waals surface area (Å²) in [4.78, 5) is 15.7. The minimum atomic E-state index is -0.0818. The quantitative estimate of drug-likeness (QED) is 0.578. The Hall–Kier alpha value is -1.68. The van der Waals surface area contributed by atoms with E-state index in [0.29, 0.717) is 18.7 Å². The summed E-state index contributed by atoms with van der Waals surface area (Å²) in [5.41, 5.74) is 6.79. The first-order chi connectivity index (χ1) is 7.77. The van der Waals surface area contributed by atoms with Crippen LogP contribution in [-0.2, 0) is 6.54 Å². The van der Waals surface area contributed by atoms with Gasteiger partial charge >= 0.3 is 0 Å². The predicted octanol–water partition coefficient (Wildman–Crippen LogP) is 1.24. The fourth-order valence-corrected chi connectivity index (χ4v) is 1.27. The van der Waals surface area contributed by atoms with Crippen LogP contribution in [0, 0.1) is 0 Å². The van der Waals surface area contributed by atoms with E-state index in [1.165, 1.54) is 0 Å². The van der Waals surface area contributed by atoms with Gasteiger partial charge < -0.3 is 11.1 Å². The van der Waals surface area contributed by atoms with Gasteiger partial charge in [0.2, 0.25) is 0 Å². The topological polar surface area (TPSA) is 68.0 Å². The van der Waals surface area contributed by atoms with Crippen molar-refractivity contribution in [1.82, 2.24) is 10.3 Å². The van der Waals surface area contributed by atoms with Gasteiger partial charge in [-0.15, -0.1) is 0 Å². The normalized spacial score (nSPS) is 10.6. The number of rotatable bonds is 5. The van der Waals surface area contributed by atoms with Crippen LogP contribution in [-0.4, -0.2) is 17.4 Å². The van der Waals surface area contributed by atoms with Gasteiger partial charge in [0, 0.05) is 24.8 Å². The zero-order valence-corrected chi connectivity index (χ0v) is 9.44. The minimum Gasteiger partial charge on any atom is -0.352 e. The van der Waals surface area contributed by atoms with Crippen molar-refractivity contribution in [2.24, 2.45) is 5.73 Å². The molecule has 0 aromatic carbocycles. The van der Waals surface area contributed by atoms with Crippen LogP contribution in [0.4, 0.5) is 0 Å². The summed E-state index contributed by atoms with van der Waals surface area (Å²) in [5.74, 6) is -0.0818. The molecule has 1 amide bonds. The second kappa shape index (κ2) is 6.74. The Kier molecular flexibility index (Phi) is 5.22. The van der Waals surface area contributed by atoms with Crippen LogP contribution in [0.3, 0.4) is 0 Å². The van der Waals surface area contributed by atoms with Crippen molar-refractivity contribution in [3.63, 3.8) is 0 Å². The maximum atomic E-state index is 11.7. The molecule has 1 aromatic rings. The third-order valence-electron chi connectivity index (χ3n) is 2.12. The maximum Gasteiger partial charge on any atom is 0.251 e. The summed E-state index contributed by atoms with van der Waals surface area (Å²) in [7, 11) is 0. The van der Waals surface area contributed by atoms with E-state index in [-0.39, 0.29) is 5.91 Å². The fraction of sp³-hybridized carbons (Fsp3) is 0.333. The Morgan fingerprint density at radius 2 is 2.44 bits per heavy atom. The molecule has 86 valence electrons. The van der Waals surface area contributed by atoms with E-state index in [9.17, 15) is 4.79 Å². The number of carbonyl (C=O) groups is 1. The number of hydrogen-bond donors (Lipinski definition) is 2. The Bertz CT molecular complexity index is 374. The number of nitrogens with zero attached hydrogens (tertiary/aromatic N) is 1. The molecule has 16 heavy (non-hydrogen) atoms. The lowest BCUT2D eigenvalue weighted by atomic mass is 10.2. The molecule has 0 aliphatic heterocycles. The van der Waals surface area contributed by atoms with Crippen LogP contribution in [0.2, 0.25) is 0 Å². The first-order valence-electron chi connectivity index (χ1n) is 5.32. The van der Waals surface area contributed by atoms with Gasteiger partial charge in [0.15, 0.2) is 0 Å². The molecule has 0 radical (unpaired) electrons. The summed E-state index contributed by atoms with van der Waals surface area (Å²) in [5, 5.41) is 2.83. The lowest BCUT2D eigenvalue weighted by Crippen LogP contribution is -2.24. The lowest BCUT2D eigenvalue weighted by Gasteiger charge is -2.04. The summed E-state index contributed by atoms with van der Waals surface area (Å²) < 4.78 is 0. The molecule has 1 rings (SSSR count). The maximum absolute atomic E-state index is 11.7. The average molecular weight is 219 g/mol. The molecule has 0 bridgehead atoms. The molecule has 0 fully saturated rings. The van der Waals surface area contributed by atoms with Gasteiger partial charge in [-0.3, -0.25) is 9.78 Å². The monoisotopic (exact) mass is 219 g/mol. The SMILES string of the molecule is C/C=C/CCNC(=O)c1ccnc(CN)c1. The highest BCUT2D eigenvalue weighted by molar-refractivity contribution is 5.94. The van der Waals surface area contributed by atoms with Gasteiger partial charge in [-0.25, -0.2) is 0 Å². The molecule has 0 unspecified atom stereocenters. The van der Waals surface area contributed by atoms with Crippen molar-refractivity contribution in [3.8, 4) is 0 Å². The largest absolute Gasteiger partial charge is 0.352 e. The highest BCUT2D eigenvalue weighted by Gasteiger charge is 2.04. The first kappa shape index (κ1) is 12.4. The Labute approximate surface area is 95.6 Å². The number of amides is 1. The van der Waals surface area contributed by atoms with E-state index >= 15 is 0 Å². The number of carbonyl (C=O) groups excluding carboxylic acids is 1. The molecule has 0 saturated heterocycles. The zero-order chi connectivity index (χ0) is 11.8. The van der Waals surface area contributed by atoms with Gasteiger partial charge in [0.05, 0.1) is 5.69 Å². The van der Waals surface area contributed by atoms with Gasteiger partial charge in [-0.1, -0.05) is 12.2 Å². The summed E-state index contributed by atoms with van der Waals surface area (Å²) in [6, 6.07) is 3.40. The van der Waals surface area contributed by atoms with Gasteiger partial charge in [0.1, 0.15) is 0 Å². The van der Waals surface area contributed by atoms with Gasteiger partial charge in [0.25, 0.3) is 5.91 Å². The fourth-order valence-electron chi connectivity index (χ4n) is 1.27. The molecule has 4 heteroatoms. The molecule has 1 aromatic heterocycles. The van der Waals surface area contributed by atoms with E-state index in [2.05, 4.69) is 10.3 Å². The van der Waals surface area contributed by atoms with Crippen LogP contribution in [0.15, 0.2) is 30.5 Å². The van der Waals surface area contributed by atoms with E-state index in [1.807, 2.05) is 19.1 Å². The van der Waals surface area contributed by atoms with Crippen molar-refractivity contribution in [2.45, 2.75) is 19.9 Å². The molecule has 3 N–H and O–H groups in total. The highest BCUT2D eigenvalue weighted by Crippen LogP contribution is 2.01. The molecule has 0 aliphatic rings. The van der Waals surface area contributed by atoms with Crippen molar-refractivity contribution < 1.29 is 4.79 Å². The molecular weight excluding hydrogens is 202 g/mol. The zero-order valence-electron chi connectivity index (χ0n) is 9.44. The number of nitrogens with two attached hydrogens (primary N) is 1. The van der Waals surface area contributed by atoms with Crippen LogP contribution in [0.25, 0.3) is 0 Å². The van der Waals surface area contributed by atoms with Gasteiger partial charge in [-0.05, 0) is 25.5 Å². The predicted molar refractivity (Wildman–Crippen MR) is 63.9 cm³/mol. The van der Waals surface area contributed by atoms with Crippen molar-refractivity contribution in [1.29, 1.82) is 0 Å². The Balaban J connectivity index is 2.52. The molecule has 0 aliphatic carbocycles. The number of allylic oxidation sites excluding steroid dienone is 1. The average Bonchev–Trinajstić information content (AvgIpc) is 2.34. The first-order valence-corrected chi connectivity index (χ1v) is 5.32. The highest BCUT2D eigenvalue weighted by atomic mass is 16.1. The standard InChI is InChI=1S/C12H17N3O/c1-2-3-4-6-15-12(16)10-5-7-14-11(8-10)9-13/h2-3,5,7-8H,4,6,9,13H2,1H3,(H,15,16)/b3-2+. The van der Waals surface area contributed by atoms with E-state index in [1.54, 1.807) is 18.3 Å². The summed E-state index contributed by atoms with van der Waals surface area (Å²) >= 11 is 0. The Morgan fingerprint density at radius 3 is 3.12 bits per heavy atom. The van der Waals surface area contributed by atoms with Crippen LogP contribution < -0.4 is 11.1 Å². The number of nitrogens with one attached hydrogen (secondary N) is 1. The number of hydrogen-bond acceptors (Lipinski definition) is 3. The molecule has 0 spiro atoms. The van der Waals surface area contributed by atoms with Crippen molar-refractivity contribution in [2.75, 3.05) is 6.54 Å². The van der Waals surface area contributed by atoms with E-state index < -0.39 is 0 Å². The number of aromatic nitrogens is 1. The lowest BCUT2D eigenvalue weighted by molar-refractivity contribution is 0.0954. The summed E-state index contributed by atoms with van der Waals surface area (Å²) in [6.45, 7) is 2.95. The van der Waals surface area contributed by atoms with E-state index in [0.717, 1.165) is 12.1 Å². The Morgan fingerprint density at radius 1 is 1.62 bits per heavy atom. The molecular formula is C12H17N3O. The molecule has 0 saturated carbocycles. The molecule has 4 nitrogen and oxygen atoms in total. The van der Waals surface area contributed by atoms with Crippen LogP contribution >= 0.6 is 0 Å². The third-order valence-corrected chi connectivity index (χ3v) is 2.12.